The largest absolute Gasteiger partial charge is 0.756 e. The van der Waals surface area contributed by atoms with Gasteiger partial charge in [-0.15, -0.1) is 0 Å². The van der Waals surface area contributed by atoms with E-state index in [0.29, 0.717) is 23.9 Å². The maximum atomic E-state index is 12.9. The molecule has 3 atom stereocenters. The highest BCUT2D eigenvalue weighted by Crippen LogP contribution is 2.38. The van der Waals surface area contributed by atoms with Gasteiger partial charge in [0.25, 0.3) is 7.82 Å². The summed E-state index contributed by atoms with van der Waals surface area (Å²) in [6.45, 7) is 4.68. The van der Waals surface area contributed by atoms with Gasteiger partial charge < -0.3 is 28.8 Å². The second-order valence-electron chi connectivity index (χ2n) is 17.8. The molecular formula is C49H95N2O6P. The summed E-state index contributed by atoms with van der Waals surface area (Å²) in [5.74, 6) is -0.169. The lowest BCUT2D eigenvalue weighted by Crippen LogP contribution is -2.46. The van der Waals surface area contributed by atoms with Gasteiger partial charge in [0.1, 0.15) is 13.2 Å². The third-order valence-electron chi connectivity index (χ3n) is 10.9. The number of phosphoric ester groups is 1. The van der Waals surface area contributed by atoms with Gasteiger partial charge in [-0.3, -0.25) is 9.36 Å². The van der Waals surface area contributed by atoms with Crippen molar-refractivity contribution in [3.8, 4) is 0 Å². The van der Waals surface area contributed by atoms with Crippen LogP contribution >= 0.6 is 7.82 Å². The summed E-state index contributed by atoms with van der Waals surface area (Å²) in [6, 6.07) is -0.799. The molecule has 0 rings (SSSR count). The topological polar surface area (TPSA) is 108 Å². The number of hydrogen-bond acceptors (Lipinski definition) is 6. The van der Waals surface area contributed by atoms with Gasteiger partial charge in [-0.2, -0.15) is 0 Å². The van der Waals surface area contributed by atoms with Crippen molar-refractivity contribution >= 4 is 13.7 Å². The predicted molar refractivity (Wildman–Crippen MR) is 247 cm³/mol. The van der Waals surface area contributed by atoms with Crippen LogP contribution in [0.15, 0.2) is 36.5 Å². The highest BCUT2D eigenvalue weighted by atomic mass is 31.2. The maximum absolute atomic E-state index is 12.9. The summed E-state index contributed by atoms with van der Waals surface area (Å²) in [4.78, 5) is 25.3. The summed E-state index contributed by atoms with van der Waals surface area (Å²) >= 11 is 0. The van der Waals surface area contributed by atoms with Crippen LogP contribution in [0, 0.1) is 0 Å². The zero-order valence-electron chi connectivity index (χ0n) is 38.8. The van der Waals surface area contributed by atoms with Crippen LogP contribution in [0.25, 0.3) is 0 Å². The van der Waals surface area contributed by atoms with E-state index < -0.39 is 20.0 Å². The van der Waals surface area contributed by atoms with Crippen LogP contribution in [0.5, 0.6) is 0 Å². The molecule has 0 fully saturated rings. The number of rotatable bonds is 44. The van der Waals surface area contributed by atoms with Gasteiger partial charge in [0.2, 0.25) is 5.91 Å². The van der Waals surface area contributed by atoms with E-state index in [1.54, 1.807) is 0 Å². The zero-order valence-corrected chi connectivity index (χ0v) is 39.6. The predicted octanol–water partition coefficient (Wildman–Crippen LogP) is 13.2. The molecule has 2 N–H and O–H groups in total. The van der Waals surface area contributed by atoms with Crippen LogP contribution in [-0.4, -0.2) is 68.5 Å². The molecule has 0 bridgehead atoms. The van der Waals surface area contributed by atoms with E-state index >= 15 is 0 Å². The number of likely N-dealkylation sites (N-methyl/N-ethyl adjacent to an activating group) is 1. The Morgan fingerprint density at radius 3 is 1.45 bits per heavy atom. The molecule has 0 aliphatic carbocycles. The van der Waals surface area contributed by atoms with Crippen molar-refractivity contribution in [2.45, 2.75) is 231 Å². The van der Waals surface area contributed by atoms with Crippen LogP contribution in [0.2, 0.25) is 0 Å². The first-order valence-corrected chi connectivity index (χ1v) is 25.8. The number of amides is 1. The number of hydrogen-bond donors (Lipinski definition) is 2. The van der Waals surface area contributed by atoms with Gasteiger partial charge in [0.15, 0.2) is 0 Å². The summed E-state index contributed by atoms with van der Waals surface area (Å²) in [7, 11) is 1.30. The molecule has 1 amide bonds. The molecule has 0 aromatic heterocycles. The first-order valence-electron chi connectivity index (χ1n) is 24.3. The lowest BCUT2D eigenvalue weighted by Gasteiger charge is -2.30. The molecule has 0 spiro atoms. The molecule has 342 valence electrons. The minimum Gasteiger partial charge on any atom is -0.756 e. The molecule has 0 aliphatic rings. The van der Waals surface area contributed by atoms with E-state index in [4.69, 9.17) is 9.05 Å². The Hall–Kier alpha value is -1.28. The SMILES string of the molecule is CCCCCCC/C=C\C/C=C\C/C=C\CCCCCCCCCCCCCCC(=O)NC(COP(=O)([O-])OCC[N+](C)(C)C)C(O)CCCCCCCCCCC. The lowest BCUT2D eigenvalue weighted by molar-refractivity contribution is -0.870. The maximum Gasteiger partial charge on any atom is 0.268 e. The van der Waals surface area contributed by atoms with Crippen LogP contribution in [0.3, 0.4) is 0 Å². The molecule has 0 saturated heterocycles. The van der Waals surface area contributed by atoms with Crippen molar-refractivity contribution in [3.05, 3.63) is 36.5 Å². The Kier molecular flexibility index (Phi) is 40.2. The highest BCUT2D eigenvalue weighted by Gasteiger charge is 2.24. The normalized spacial score (nSPS) is 14.5. The molecule has 0 saturated carbocycles. The number of unbranched alkanes of at least 4 members (excludes halogenated alkanes) is 25. The first-order chi connectivity index (χ1) is 28.0. The second-order valence-corrected chi connectivity index (χ2v) is 19.2. The molecule has 8 nitrogen and oxygen atoms in total. The Morgan fingerprint density at radius 2 is 1.00 bits per heavy atom. The van der Waals surface area contributed by atoms with Crippen LogP contribution in [-0.2, 0) is 18.4 Å². The van der Waals surface area contributed by atoms with E-state index in [1.165, 1.54) is 141 Å². The quantitative estimate of drug-likeness (QED) is 0.0274. The van der Waals surface area contributed by atoms with E-state index in [0.717, 1.165) is 51.4 Å². The van der Waals surface area contributed by atoms with E-state index in [2.05, 4.69) is 55.6 Å². The summed E-state index contributed by atoms with van der Waals surface area (Å²) < 4.78 is 23.2. The fourth-order valence-corrected chi connectivity index (χ4v) is 7.71. The third kappa shape index (κ3) is 42.8. The van der Waals surface area contributed by atoms with Gasteiger partial charge in [-0.25, -0.2) is 0 Å². The smallest absolute Gasteiger partial charge is 0.268 e. The Morgan fingerprint density at radius 1 is 0.603 bits per heavy atom. The average Bonchev–Trinajstić information content (AvgIpc) is 3.17. The number of aliphatic hydroxyl groups is 1. The van der Waals surface area contributed by atoms with Gasteiger partial charge >= 0.3 is 0 Å². The van der Waals surface area contributed by atoms with E-state index in [-0.39, 0.29) is 19.1 Å². The molecule has 0 radical (unpaired) electrons. The number of aliphatic hydroxyl groups excluding tert-OH is 1. The molecule has 9 heteroatoms. The van der Waals surface area contributed by atoms with E-state index in [9.17, 15) is 19.4 Å². The van der Waals surface area contributed by atoms with Crippen LogP contribution < -0.4 is 10.2 Å². The molecule has 58 heavy (non-hydrogen) atoms. The molecule has 0 aromatic rings. The first kappa shape index (κ1) is 56.7. The van der Waals surface area contributed by atoms with Crippen molar-refractivity contribution < 1.29 is 32.9 Å². The number of carbonyl (C=O) groups is 1. The Labute approximate surface area is 359 Å². The highest BCUT2D eigenvalue weighted by molar-refractivity contribution is 7.45. The Balaban J connectivity index is 4.09. The summed E-state index contributed by atoms with van der Waals surface area (Å²) in [5, 5.41) is 13.9. The number of nitrogens with one attached hydrogen (secondary N) is 1. The zero-order chi connectivity index (χ0) is 42.8. The third-order valence-corrected chi connectivity index (χ3v) is 11.8. The van der Waals surface area contributed by atoms with Crippen LogP contribution in [0.1, 0.15) is 219 Å². The van der Waals surface area contributed by atoms with Gasteiger partial charge in [-0.1, -0.05) is 198 Å². The van der Waals surface area contributed by atoms with Crippen LogP contribution in [0.4, 0.5) is 0 Å². The second kappa shape index (κ2) is 41.1. The fraction of sp³-hybridized carbons (Fsp3) is 0.857. The number of allylic oxidation sites excluding steroid dienone is 6. The molecular weight excluding hydrogens is 744 g/mol. The molecule has 0 heterocycles. The number of quaternary nitrogens is 1. The lowest BCUT2D eigenvalue weighted by atomic mass is 10.0. The average molecular weight is 839 g/mol. The summed E-state index contributed by atoms with van der Waals surface area (Å²) in [6.07, 6.45) is 50.2. The number of phosphoric acid groups is 1. The van der Waals surface area contributed by atoms with Gasteiger partial charge in [0.05, 0.1) is 39.9 Å². The van der Waals surface area contributed by atoms with Gasteiger partial charge in [-0.05, 0) is 51.4 Å². The fourth-order valence-electron chi connectivity index (χ4n) is 6.99. The number of carbonyl (C=O) groups excluding carboxylic acids is 1. The minimum absolute atomic E-state index is 0.0114. The van der Waals surface area contributed by atoms with Crippen molar-refractivity contribution in [1.82, 2.24) is 5.32 Å². The number of nitrogens with zero attached hydrogens (tertiary/aromatic N) is 1. The summed E-state index contributed by atoms with van der Waals surface area (Å²) in [5.41, 5.74) is 0. The van der Waals surface area contributed by atoms with Crippen molar-refractivity contribution in [2.75, 3.05) is 40.9 Å². The monoisotopic (exact) mass is 839 g/mol. The Bertz CT molecular complexity index is 1040. The van der Waals surface area contributed by atoms with Crippen molar-refractivity contribution in [2.24, 2.45) is 0 Å². The molecule has 0 aliphatic heterocycles. The standard InChI is InChI=1S/C49H95N2O6P/c1-6-8-10-12-14-16-17-18-19-20-21-22-23-24-25-26-27-28-29-30-31-32-33-35-37-39-41-43-49(53)50-47(46-57-58(54,55)56-45-44-51(3,4)5)48(52)42-40-38-36-34-15-13-11-9-7-2/h17-18,20-21,23-24,47-48,52H,6-16,19,22,25-46H2,1-5H3,(H-,50,53,54,55)/b18-17-,21-20-,24-23-. The molecule has 3 unspecified atom stereocenters. The van der Waals surface area contributed by atoms with Crippen molar-refractivity contribution in [3.63, 3.8) is 0 Å². The van der Waals surface area contributed by atoms with Crippen molar-refractivity contribution in [1.29, 1.82) is 0 Å². The van der Waals surface area contributed by atoms with E-state index in [1.807, 2.05) is 21.1 Å². The minimum atomic E-state index is -4.56. The van der Waals surface area contributed by atoms with Gasteiger partial charge in [0, 0.05) is 6.42 Å². The molecule has 0 aromatic carbocycles.